The summed E-state index contributed by atoms with van der Waals surface area (Å²) in [6.07, 6.45) is 0.372. The number of carboxylic acid groups (broad SMARTS) is 1. The summed E-state index contributed by atoms with van der Waals surface area (Å²) in [6, 6.07) is 17.1. The Labute approximate surface area is 128 Å². The van der Waals surface area contributed by atoms with Crippen molar-refractivity contribution in [2.45, 2.75) is 12.5 Å². The minimum Gasteiger partial charge on any atom is -0.497 e. The number of methoxy groups -OCH3 is 1. The highest BCUT2D eigenvalue weighted by Gasteiger charge is 2.32. The van der Waals surface area contributed by atoms with Crippen LogP contribution in [0.3, 0.4) is 0 Å². The number of rotatable bonds is 4. The molecule has 5 heteroatoms. The van der Waals surface area contributed by atoms with E-state index in [0.717, 1.165) is 11.3 Å². The van der Waals surface area contributed by atoms with E-state index in [2.05, 4.69) is 5.10 Å². The van der Waals surface area contributed by atoms with E-state index in [9.17, 15) is 9.90 Å². The summed E-state index contributed by atoms with van der Waals surface area (Å²) in [7, 11) is 1.60. The van der Waals surface area contributed by atoms with Crippen molar-refractivity contribution in [3.63, 3.8) is 0 Å². The van der Waals surface area contributed by atoms with Gasteiger partial charge in [-0.25, -0.2) is 4.79 Å². The van der Waals surface area contributed by atoms with Crippen molar-refractivity contribution in [3.05, 3.63) is 60.2 Å². The van der Waals surface area contributed by atoms with Gasteiger partial charge in [0.1, 0.15) is 11.5 Å². The second-order valence-electron chi connectivity index (χ2n) is 5.03. The smallest absolute Gasteiger partial charge is 0.352 e. The Bertz CT molecular complexity index is 713. The number of aliphatic carboxylic acids is 1. The molecule has 0 aromatic heterocycles. The maximum Gasteiger partial charge on any atom is 0.352 e. The molecule has 3 rings (SSSR count). The van der Waals surface area contributed by atoms with E-state index in [-0.39, 0.29) is 11.8 Å². The minimum absolute atomic E-state index is 0.126. The van der Waals surface area contributed by atoms with E-state index in [0.29, 0.717) is 12.2 Å². The zero-order valence-corrected chi connectivity index (χ0v) is 12.1. The lowest BCUT2D eigenvalue weighted by molar-refractivity contribution is -0.129. The predicted octanol–water partition coefficient (Wildman–Crippen LogP) is 3.09. The summed E-state index contributed by atoms with van der Waals surface area (Å²) >= 11 is 0. The maximum atomic E-state index is 11.3. The fourth-order valence-electron chi connectivity index (χ4n) is 2.57. The first-order valence-electron chi connectivity index (χ1n) is 6.98. The molecule has 0 bridgehead atoms. The molecule has 112 valence electrons. The molecule has 0 saturated heterocycles. The van der Waals surface area contributed by atoms with Crippen LogP contribution in [0.15, 0.2) is 59.7 Å². The molecule has 0 amide bonds. The molecule has 5 nitrogen and oxygen atoms in total. The molecule has 0 saturated carbocycles. The van der Waals surface area contributed by atoms with Crippen LogP contribution in [0.5, 0.6) is 5.75 Å². The number of hydrogen-bond donors (Lipinski definition) is 1. The lowest BCUT2D eigenvalue weighted by atomic mass is 10.0. The number of nitrogens with zero attached hydrogens (tertiary/aromatic N) is 2. The van der Waals surface area contributed by atoms with Crippen LogP contribution in [0, 0.1) is 0 Å². The van der Waals surface area contributed by atoms with Gasteiger partial charge in [-0.15, -0.1) is 0 Å². The normalized spacial score (nSPS) is 17.2. The highest BCUT2D eigenvalue weighted by Crippen LogP contribution is 2.36. The lowest BCUT2D eigenvalue weighted by Gasteiger charge is -2.24. The number of anilines is 1. The summed E-state index contributed by atoms with van der Waals surface area (Å²) in [5.41, 5.74) is 2.01. The fourth-order valence-corrected chi connectivity index (χ4v) is 2.57. The molecule has 2 aromatic carbocycles. The topological polar surface area (TPSA) is 62.1 Å². The Balaban J connectivity index is 2.01. The first-order chi connectivity index (χ1) is 10.7. The van der Waals surface area contributed by atoms with Gasteiger partial charge in [0.15, 0.2) is 0 Å². The monoisotopic (exact) mass is 296 g/mol. The number of carbonyl (C=O) groups is 1. The van der Waals surface area contributed by atoms with Gasteiger partial charge in [-0.3, -0.25) is 5.01 Å². The van der Waals surface area contributed by atoms with E-state index >= 15 is 0 Å². The number of hydrogen-bond acceptors (Lipinski definition) is 4. The lowest BCUT2D eigenvalue weighted by Crippen LogP contribution is -2.18. The van der Waals surface area contributed by atoms with Gasteiger partial charge < -0.3 is 9.84 Å². The Kier molecular flexibility index (Phi) is 3.78. The van der Waals surface area contributed by atoms with Crippen LogP contribution < -0.4 is 9.75 Å². The number of hydrazone groups is 1. The van der Waals surface area contributed by atoms with Gasteiger partial charge in [0.25, 0.3) is 0 Å². The summed E-state index contributed by atoms with van der Waals surface area (Å²) in [5, 5.41) is 15.3. The number of carboxylic acids is 1. The average molecular weight is 296 g/mol. The van der Waals surface area contributed by atoms with Crippen LogP contribution in [0.4, 0.5) is 5.69 Å². The van der Waals surface area contributed by atoms with Crippen molar-refractivity contribution in [2.24, 2.45) is 5.10 Å². The van der Waals surface area contributed by atoms with Gasteiger partial charge in [0, 0.05) is 12.5 Å². The van der Waals surface area contributed by atoms with Crippen LogP contribution in [0.1, 0.15) is 18.0 Å². The van der Waals surface area contributed by atoms with Gasteiger partial charge in [-0.05, 0) is 17.7 Å². The van der Waals surface area contributed by atoms with E-state index in [4.69, 9.17) is 4.74 Å². The molecule has 0 fully saturated rings. The molecule has 1 unspecified atom stereocenters. The molecule has 2 aromatic rings. The number of benzene rings is 2. The quantitative estimate of drug-likeness (QED) is 0.941. The van der Waals surface area contributed by atoms with Crippen LogP contribution in [-0.2, 0) is 4.79 Å². The second kappa shape index (κ2) is 5.89. The van der Waals surface area contributed by atoms with Crippen LogP contribution >= 0.6 is 0 Å². The summed E-state index contributed by atoms with van der Waals surface area (Å²) in [6.45, 7) is 0. The Morgan fingerprint density at radius 1 is 1.23 bits per heavy atom. The standard InChI is InChI=1S/C17H16N2O3/c1-22-14-9-5-8-13(10-14)19-16(11-15(18-19)17(20)21)12-6-3-2-4-7-12/h2-10,16H,11H2,1H3,(H,20,21). The van der Waals surface area contributed by atoms with Crippen LogP contribution in [0.2, 0.25) is 0 Å². The van der Waals surface area contributed by atoms with Crippen molar-refractivity contribution in [3.8, 4) is 5.75 Å². The highest BCUT2D eigenvalue weighted by molar-refractivity contribution is 6.36. The zero-order valence-electron chi connectivity index (χ0n) is 12.1. The number of ether oxygens (including phenoxy) is 1. The van der Waals surface area contributed by atoms with Crippen molar-refractivity contribution in [1.29, 1.82) is 0 Å². The van der Waals surface area contributed by atoms with Gasteiger partial charge >= 0.3 is 5.97 Å². The molecule has 22 heavy (non-hydrogen) atoms. The Morgan fingerprint density at radius 3 is 2.68 bits per heavy atom. The van der Waals surface area contributed by atoms with Crippen LogP contribution in [0.25, 0.3) is 0 Å². The molecule has 1 aliphatic rings. The van der Waals surface area contributed by atoms with Crippen molar-refractivity contribution in [1.82, 2.24) is 0 Å². The maximum absolute atomic E-state index is 11.3. The fraction of sp³-hybridized carbons (Fsp3) is 0.176. The summed E-state index contributed by atoms with van der Waals surface area (Å²) < 4.78 is 5.24. The highest BCUT2D eigenvalue weighted by atomic mass is 16.5. The second-order valence-corrected chi connectivity index (χ2v) is 5.03. The van der Waals surface area contributed by atoms with Gasteiger partial charge in [-0.2, -0.15) is 5.10 Å². The summed E-state index contributed by atoms with van der Waals surface area (Å²) in [4.78, 5) is 11.3. The molecular weight excluding hydrogens is 280 g/mol. The van der Waals surface area contributed by atoms with Crippen molar-refractivity contribution < 1.29 is 14.6 Å². The molecule has 1 aliphatic heterocycles. The summed E-state index contributed by atoms with van der Waals surface area (Å²) in [5.74, 6) is -0.269. The Morgan fingerprint density at radius 2 is 2.00 bits per heavy atom. The zero-order chi connectivity index (χ0) is 15.5. The van der Waals surface area contributed by atoms with E-state index < -0.39 is 5.97 Å². The third kappa shape index (κ3) is 2.65. The third-order valence-corrected chi connectivity index (χ3v) is 3.66. The van der Waals surface area contributed by atoms with E-state index in [1.54, 1.807) is 12.1 Å². The molecule has 1 N–H and O–H groups in total. The van der Waals surface area contributed by atoms with E-state index in [1.807, 2.05) is 54.6 Å². The third-order valence-electron chi connectivity index (χ3n) is 3.66. The van der Waals surface area contributed by atoms with Crippen molar-refractivity contribution in [2.75, 3.05) is 12.1 Å². The molecule has 1 heterocycles. The SMILES string of the molecule is COc1cccc(N2N=C(C(=O)O)CC2c2ccccc2)c1. The average Bonchev–Trinajstić information content (AvgIpc) is 3.01. The molecular formula is C17H16N2O3. The first-order valence-corrected chi connectivity index (χ1v) is 6.98. The van der Waals surface area contributed by atoms with Crippen LogP contribution in [-0.4, -0.2) is 23.9 Å². The van der Waals surface area contributed by atoms with Gasteiger partial charge in [-0.1, -0.05) is 36.4 Å². The molecule has 0 aliphatic carbocycles. The first kappa shape index (κ1) is 14.1. The van der Waals surface area contributed by atoms with Crippen molar-refractivity contribution >= 4 is 17.4 Å². The van der Waals surface area contributed by atoms with E-state index in [1.165, 1.54) is 0 Å². The Hall–Kier alpha value is -2.82. The largest absolute Gasteiger partial charge is 0.497 e. The van der Waals surface area contributed by atoms with Gasteiger partial charge in [0.05, 0.1) is 18.8 Å². The van der Waals surface area contributed by atoms with Gasteiger partial charge in [0.2, 0.25) is 0 Å². The minimum atomic E-state index is -0.980. The predicted molar refractivity (Wildman–Crippen MR) is 84.3 cm³/mol. The molecule has 1 atom stereocenters. The molecule has 0 radical (unpaired) electrons. The molecule has 0 spiro atoms.